The number of carbonyl (C=O) groups is 1. The molecule has 35 heavy (non-hydrogen) atoms. The molecule has 9 heteroatoms. The van der Waals surface area contributed by atoms with Crippen molar-refractivity contribution < 1.29 is 13.9 Å². The molecule has 0 radical (unpaired) electrons. The van der Waals surface area contributed by atoms with Crippen molar-refractivity contribution in [2.45, 2.75) is 12.1 Å². The fourth-order valence-electron chi connectivity index (χ4n) is 4.29. The first-order chi connectivity index (χ1) is 17.2. The van der Waals surface area contributed by atoms with Crippen LogP contribution >= 0.6 is 11.8 Å². The fraction of sp³-hybridized carbons (Fsp3) is 0.269. The summed E-state index contributed by atoms with van der Waals surface area (Å²) in [6, 6.07) is 20.4. The van der Waals surface area contributed by atoms with Gasteiger partial charge in [0.2, 0.25) is 11.9 Å². The molecule has 0 spiro atoms. The first-order valence-electron chi connectivity index (χ1n) is 11.6. The molecule has 180 valence electrons. The molecule has 1 amide bonds. The molecule has 0 bridgehead atoms. The molecule has 1 aliphatic heterocycles. The van der Waals surface area contributed by atoms with Crippen molar-refractivity contribution in [2.75, 3.05) is 48.4 Å². The number of rotatable bonds is 7. The average Bonchev–Trinajstić information content (AvgIpc) is 3.32. The Hall–Kier alpha value is -3.43. The maximum absolute atomic E-state index is 14.1. The van der Waals surface area contributed by atoms with Gasteiger partial charge in [0, 0.05) is 25.0 Å². The Balaban J connectivity index is 1.42. The van der Waals surface area contributed by atoms with E-state index in [-0.39, 0.29) is 17.5 Å². The highest BCUT2D eigenvalue weighted by atomic mass is 32.2. The largest absolute Gasteiger partial charge is 0.378 e. The summed E-state index contributed by atoms with van der Waals surface area (Å²) in [7, 11) is 0. The van der Waals surface area contributed by atoms with Crippen molar-refractivity contribution >= 4 is 40.1 Å². The number of hydrogen-bond acceptors (Lipinski definition) is 6. The molecular formula is C26H26FN5O2S. The van der Waals surface area contributed by atoms with E-state index in [1.54, 1.807) is 11.0 Å². The smallest absolute Gasteiger partial charge is 0.237 e. The topological polar surface area (TPSA) is 63.5 Å². The van der Waals surface area contributed by atoms with E-state index in [1.807, 2.05) is 60.0 Å². The van der Waals surface area contributed by atoms with Gasteiger partial charge in [-0.2, -0.15) is 0 Å². The third kappa shape index (κ3) is 4.87. The van der Waals surface area contributed by atoms with E-state index in [9.17, 15) is 9.18 Å². The van der Waals surface area contributed by atoms with Crippen LogP contribution in [0.1, 0.15) is 6.92 Å². The number of amides is 1. The number of morpholine rings is 1. The van der Waals surface area contributed by atoms with Gasteiger partial charge in [0.15, 0.2) is 5.16 Å². The van der Waals surface area contributed by atoms with E-state index in [0.29, 0.717) is 49.6 Å². The van der Waals surface area contributed by atoms with Crippen LogP contribution in [0, 0.1) is 5.82 Å². The van der Waals surface area contributed by atoms with Crippen LogP contribution in [0.15, 0.2) is 71.9 Å². The van der Waals surface area contributed by atoms with Crippen molar-refractivity contribution in [3.63, 3.8) is 0 Å². The van der Waals surface area contributed by atoms with E-state index in [0.717, 1.165) is 16.5 Å². The van der Waals surface area contributed by atoms with Gasteiger partial charge in [-0.15, -0.1) is 10.2 Å². The summed E-state index contributed by atoms with van der Waals surface area (Å²) in [6.45, 7) is 5.03. The first kappa shape index (κ1) is 23.3. The number of anilines is 2. The average molecular weight is 492 g/mol. The Morgan fingerprint density at radius 3 is 2.63 bits per heavy atom. The van der Waals surface area contributed by atoms with Crippen molar-refractivity contribution in [2.24, 2.45) is 0 Å². The van der Waals surface area contributed by atoms with Gasteiger partial charge in [0.05, 0.1) is 30.3 Å². The zero-order chi connectivity index (χ0) is 24.2. The van der Waals surface area contributed by atoms with Crippen molar-refractivity contribution in [3.05, 3.63) is 72.5 Å². The van der Waals surface area contributed by atoms with Gasteiger partial charge in [-0.25, -0.2) is 4.39 Å². The number of benzene rings is 3. The second-order valence-electron chi connectivity index (χ2n) is 8.12. The number of thioether (sulfide) groups is 1. The first-order valence-corrected chi connectivity index (χ1v) is 12.6. The fourth-order valence-corrected chi connectivity index (χ4v) is 5.12. The number of nitrogens with zero attached hydrogens (tertiary/aromatic N) is 5. The summed E-state index contributed by atoms with van der Waals surface area (Å²) < 4.78 is 21.4. The van der Waals surface area contributed by atoms with E-state index < -0.39 is 0 Å². The van der Waals surface area contributed by atoms with Crippen molar-refractivity contribution in [1.82, 2.24) is 14.8 Å². The minimum absolute atomic E-state index is 0.0319. The highest BCUT2D eigenvalue weighted by Crippen LogP contribution is 2.30. The standard InChI is InChI=1S/C26H26FN5O2S/c1-2-31(23-12-5-8-19-7-3-4-11-22(19)23)24(33)18-35-26-29-28-25(30-13-15-34-16-14-30)32(26)21-10-6-9-20(27)17-21/h3-12,17H,2,13-16,18H2,1H3. The molecule has 5 rings (SSSR count). The van der Waals surface area contributed by atoms with Crippen LogP contribution in [0.4, 0.5) is 16.0 Å². The molecule has 0 N–H and O–H groups in total. The Labute approximate surface area is 207 Å². The zero-order valence-corrected chi connectivity index (χ0v) is 20.2. The lowest BCUT2D eigenvalue weighted by Gasteiger charge is -2.28. The van der Waals surface area contributed by atoms with Crippen LogP contribution in [-0.2, 0) is 9.53 Å². The molecule has 1 saturated heterocycles. The summed E-state index contributed by atoms with van der Waals surface area (Å²) in [6.07, 6.45) is 0. The normalized spacial score (nSPS) is 13.8. The third-order valence-corrected chi connectivity index (χ3v) is 6.89. The Kier molecular flexibility index (Phi) is 6.96. The summed E-state index contributed by atoms with van der Waals surface area (Å²) in [5, 5.41) is 11.4. The highest BCUT2D eigenvalue weighted by molar-refractivity contribution is 7.99. The van der Waals surface area contributed by atoms with Gasteiger partial charge < -0.3 is 14.5 Å². The maximum Gasteiger partial charge on any atom is 0.237 e. The van der Waals surface area contributed by atoms with E-state index in [2.05, 4.69) is 15.1 Å². The molecule has 4 aromatic rings. The molecule has 0 unspecified atom stereocenters. The van der Waals surface area contributed by atoms with Gasteiger partial charge in [-0.3, -0.25) is 9.36 Å². The number of hydrogen-bond donors (Lipinski definition) is 0. The molecule has 2 heterocycles. The molecule has 0 aliphatic carbocycles. The monoisotopic (exact) mass is 491 g/mol. The quantitative estimate of drug-likeness (QED) is 0.354. The van der Waals surface area contributed by atoms with Crippen LogP contribution in [0.25, 0.3) is 16.5 Å². The number of fused-ring (bicyclic) bond motifs is 1. The predicted molar refractivity (Wildman–Crippen MR) is 137 cm³/mol. The van der Waals surface area contributed by atoms with Crippen molar-refractivity contribution in [1.29, 1.82) is 0 Å². The predicted octanol–water partition coefficient (Wildman–Crippen LogP) is 4.54. The molecule has 0 saturated carbocycles. The molecule has 0 atom stereocenters. The summed E-state index contributed by atoms with van der Waals surface area (Å²) in [4.78, 5) is 17.2. The van der Waals surface area contributed by atoms with Gasteiger partial charge in [-0.05, 0) is 36.6 Å². The lowest BCUT2D eigenvalue weighted by Crippen LogP contribution is -2.38. The van der Waals surface area contributed by atoms with Crippen molar-refractivity contribution in [3.8, 4) is 5.69 Å². The van der Waals surface area contributed by atoms with Gasteiger partial charge in [0.1, 0.15) is 5.82 Å². The molecule has 1 aromatic heterocycles. The Bertz CT molecular complexity index is 1330. The van der Waals surface area contributed by atoms with E-state index in [1.165, 1.54) is 23.9 Å². The molecular weight excluding hydrogens is 465 g/mol. The number of aromatic nitrogens is 3. The number of halogens is 1. The van der Waals surface area contributed by atoms with Gasteiger partial charge in [-0.1, -0.05) is 54.2 Å². The van der Waals surface area contributed by atoms with Gasteiger partial charge in [0.25, 0.3) is 0 Å². The number of carbonyl (C=O) groups excluding carboxylic acids is 1. The number of ether oxygens (including phenoxy) is 1. The SMILES string of the molecule is CCN(C(=O)CSc1nnc(N2CCOCC2)n1-c1cccc(F)c1)c1cccc2ccccc12. The molecule has 3 aromatic carbocycles. The second-order valence-corrected chi connectivity index (χ2v) is 9.06. The lowest BCUT2D eigenvalue weighted by molar-refractivity contribution is -0.116. The molecule has 1 aliphatic rings. The van der Waals surface area contributed by atoms with E-state index >= 15 is 0 Å². The molecule has 7 nitrogen and oxygen atoms in total. The second kappa shape index (κ2) is 10.5. The molecule has 1 fully saturated rings. The van der Waals surface area contributed by atoms with Crippen LogP contribution < -0.4 is 9.80 Å². The van der Waals surface area contributed by atoms with Crippen LogP contribution in [0.3, 0.4) is 0 Å². The van der Waals surface area contributed by atoms with Gasteiger partial charge >= 0.3 is 0 Å². The zero-order valence-electron chi connectivity index (χ0n) is 19.4. The minimum Gasteiger partial charge on any atom is -0.378 e. The summed E-state index contributed by atoms with van der Waals surface area (Å²) >= 11 is 1.30. The summed E-state index contributed by atoms with van der Waals surface area (Å²) in [5.41, 5.74) is 1.50. The summed E-state index contributed by atoms with van der Waals surface area (Å²) in [5.74, 6) is 0.420. The third-order valence-electron chi connectivity index (χ3n) is 5.98. The maximum atomic E-state index is 14.1. The Morgan fingerprint density at radius 2 is 1.83 bits per heavy atom. The van der Waals surface area contributed by atoms with Crippen LogP contribution in [-0.4, -0.2) is 59.3 Å². The Morgan fingerprint density at radius 1 is 1.06 bits per heavy atom. The van der Waals surface area contributed by atoms with E-state index in [4.69, 9.17) is 4.74 Å². The minimum atomic E-state index is -0.343. The van der Waals surface area contributed by atoms with Crippen LogP contribution in [0.2, 0.25) is 0 Å². The lowest BCUT2D eigenvalue weighted by atomic mass is 10.1. The van der Waals surface area contributed by atoms with Crippen LogP contribution in [0.5, 0.6) is 0 Å². The highest BCUT2D eigenvalue weighted by Gasteiger charge is 2.24.